The van der Waals surface area contributed by atoms with Crippen molar-refractivity contribution >= 4 is 34.5 Å². The maximum absolute atomic E-state index is 12.5. The molecule has 21 heavy (non-hydrogen) atoms. The van der Waals surface area contributed by atoms with Crippen molar-refractivity contribution in [2.75, 3.05) is 13.6 Å². The Morgan fingerprint density at radius 1 is 1.38 bits per heavy atom. The quantitative estimate of drug-likeness (QED) is 0.937. The van der Waals surface area contributed by atoms with Gasteiger partial charge in [-0.25, -0.2) is 4.98 Å². The Hall–Kier alpha value is -1.80. The molecule has 1 aliphatic heterocycles. The van der Waals surface area contributed by atoms with E-state index in [4.69, 9.17) is 0 Å². The number of thiazole rings is 2. The van der Waals surface area contributed by atoms with E-state index in [1.165, 1.54) is 22.7 Å². The summed E-state index contributed by atoms with van der Waals surface area (Å²) < 4.78 is 0. The van der Waals surface area contributed by atoms with Gasteiger partial charge in [0.05, 0.1) is 23.9 Å². The summed E-state index contributed by atoms with van der Waals surface area (Å²) in [6.45, 7) is 0.719. The molecule has 6 nitrogen and oxygen atoms in total. The number of carbonyl (C=O) groups is 2. The van der Waals surface area contributed by atoms with Crippen LogP contribution in [0.4, 0.5) is 0 Å². The Morgan fingerprint density at radius 2 is 2.24 bits per heavy atom. The van der Waals surface area contributed by atoms with Gasteiger partial charge < -0.3 is 10.2 Å². The molecule has 110 valence electrons. The number of rotatable bonds is 3. The van der Waals surface area contributed by atoms with Crippen molar-refractivity contribution in [3.05, 3.63) is 32.7 Å². The molecule has 1 N–H and O–H groups in total. The van der Waals surface area contributed by atoms with Crippen molar-refractivity contribution < 1.29 is 9.59 Å². The number of nitrogens with one attached hydrogen (secondary N) is 1. The summed E-state index contributed by atoms with van der Waals surface area (Å²) in [6.07, 6.45) is 5.00. The van der Waals surface area contributed by atoms with Gasteiger partial charge in [0.25, 0.3) is 11.8 Å². The van der Waals surface area contributed by atoms with Gasteiger partial charge in [-0.15, -0.1) is 22.7 Å². The Labute approximate surface area is 129 Å². The van der Waals surface area contributed by atoms with E-state index in [-0.39, 0.29) is 17.9 Å². The fraction of sp³-hybridized carbons (Fsp3) is 0.385. The molecule has 1 aliphatic rings. The SMILES string of the molecule is CNC(=O)c1cnc(C2CCCN2C(=O)c2cncs2)s1. The van der Waals surface area contributed by atoms with Crippen LogP contribution in [0.1, 0.15) is 43.2 Å². The number of amides is 2. The summed E-state index contributed by atoms with van der Waals surface area (Å²) in [6, 6.07) is -0.0389. The molecule has 2 aromatic rings. The molecule has 0 spiro atoms. The van der Waals surface area contributed by atoms with Gasteiger partial charge in [0, 0.05) is 13.6 Å². The maximum atomic E-state index is 12.5. The van der Waals surface area contributed by atoms with Gasteiger partial charge in [0.2, 0.25) is 0 Å². The van der Waals surface area contributed by atoms with Crippen molar-refractivity contribution in [1.29, 1.82) is 0 Å². The van der Waals surface area contributed by atoms with E-state index >= 15 is 0 Å². The van der Waals surface area contributed by atoms with Gasteiger partial charge >= 0.3 is 0 Å². The van der Waals surface area contributed by atoms with E-state index in [0.29, 0.717) is 9.75 Å². The van der Waals surface area contributed by atoms with Crippen molar-refractivity contribution in [2.24, 2.45) is 0 Å². The predicted octanol–water partition coefficient (Wildman–Crippen LogP) is 1.94. The Balaban J connectivity index is 1.82. The van der Waals surface area contributed by atoms with Crippen LogP contribution in [-0.2, 0) is 0 Å². The Kier molecular flexibility index (Phi) is 3.98. The summed E-state index contributed by atoms with van der Waals surface area (Å²) in [4.78, 5) is 35.4. The van der Waals surface area contributed by atoms with Gasteiger partial charge in [-0.3, -0.25) is 14.6 Å². The minimum atomic E-state index is -0.142. The number of aromatic nitrogens is 2. The first-order valence-corrected chi connectivity index (χ1v) is 8.27. The summed E-state index contributed by atoms with van der Waals surface area (Å²) in [5, 5.41) is 3.41. The molecular weight excluding hydrogens is 308 g/mol. The summed E-state index contributed by atoms with van der Waals surface area (Å²) in [5.74, 6) is -0.145. The fourth-order valence-electron chi connectivity index (χ4n) is 2.40. The highest BCUT2D eigenvalue weighted by molar-refractivity contribution is 7.13. The molecule has 8 heteroatoms. The molecule has 1 unspecified atom stereocenters. The average molecular weight is 322 g/mol. The molecule has 1 fully saturated rings. The third-order valence-electron chi connectivity index (χ3n) is 3.42. The first kappa shape index (κ1) is 14.2. The Morgan fingerprint density at radius 3 is 2.95 bits per heavy atom. The van der Waals surface area contributed by atoms with Crippen LogP contribution >= 0.6 is 22.7 Å². The molecular formula is C13H14N4O2S2. The van der Waals surface area contributed by atoms with Crippen LogP contribution in [0.15, 0.2) is 17.9 Å². The minimum absolute atomic E-state index is 0.00306. The molecule has 3 rings (SSSR count). The third-order valence-corrected chi connectivity index (χ3v) is 5.27. The average Bonchev–Trinajstić information content (AvgIpc) is 3.25. The van der Waals surface area contributed by atoms with Gasteiger partial charge in [-0.1, -0.05) is 0 Å². The Bertz CT molecular complexity index is 653. The van der Waals surface area contributed by atoms with Crippen LogP contribution in [0.2, 0.25) is 0 Å². The van der Waals surface area contributed by atoms with Gasteiger partial charge in [0.1, 0.15) is 14.8 Å². The van der Waals surface area contributed by atoms with Crippen molar-refractivity contribution in [3.63, 3.8) is 0 Å². The smallest absolute Gasteiger partial charge is 0.266 e. The number of hydrogen-bond acceptors (Lipinski definition) is 6. The van der Waals surface area contributed by atoms with Crippen LogP contribution in [0.3, 0.4) is 0 Å². The summed E-state index contributed by atoms with van der Waals surface area (Å²) in [5.41, 5.74) is 1.66. The molecule has 1 saturated heterocycles. The first-order chi connectivity index (χ1) is 10.2. The maximum Gasteiger partial charge on any atom is 0.266 e. The van der Waals surface area contributed by atoms with Crippen LogP contribution in [-0.4, -0.2) is 40.3 Å². The largest absolute Gasteiger partial charge is 0.354 e. The number of nitrogens with zero attached hydrogens (tertiary/aromatic N) is 3. The lowest BCUT2D eigenvalue weighted by Crippen LogP contribution is -2.29. The number of hydrogen-bond donors (Lipinski definition) is 1. The molecule has 0 aliphatic carbocycles. The van der Waals surface area contributed by atoms with Crippen molar-refractivity contribution in [2.45, 2.75) is 18.9 Å². The van der Waals surface area contributed by atoms with Gasteiger partial charge in [-0.05, 0) is 12.8 Å². The van der Waals surface area contributed by atoms with E-state index < -0.39 is 0 Å². The highest BCUT2D eigenvalue weighted by atomic mass is 32.1. The van der Waals surface area contributed by atoms with E-state index in [9.17, 15) is 9.59 Å². The van der Waals surface area contributed by atoms with Crippen molar-refractivity contribution in [3.8, 4) is 0 Å². The highest BCUT2D eigenvalue weighted by Crippen LogP contribution is 2.35. The van der Waals surface area contributed by atoms with Crippen LogP contribution in [0, 0.1) is 0 Å². The summed E-state index contributed by atoms with van der Waals surface area (Å²) in [7, 11) is 1.59. The zero-order valence-electron chi connectivity index (χ0n) is 11.4. The second-order valence-corrected chi connectivity index (χ2v) is 6.61. The lowest BCUT2D eigenvalue weighted by atomic mass is 10.2. The number of likely N-dealkylation sites (tertiary alicyclic amines) is 1. The normalized spacial score (nSPS) is 18.0. The zero-order chi connectivity index (χ0) is 14.8. The third kappa shape index (κ3) is 2.68. The second kappa shape index (κ2) is 5.90. The molecule has 2 amide bonds. The van der Waals surface area contributed by atoms with Crippen LogP contribution in [0.5, 0.6) is 0 Å². The predicted molar refractivity (Wildman–Crippen MR) is 80.6 cm³/mol. The topological polar surface area (TPSA) is 75.2 Å². The van der Waals surface area contributed by atoms with E-state index in [2.05, 4.69) is 15.3 Å². The van der Waals surface area contributed by atoms with Crippen LogP contribution < -0.4 is 5.32 Å². The van der Waals surface area contributed by atoms with E-state index in [1.54, 1.807) is 25.0 Å². The molecule has 0 bridgehead atoms. The second-order valence-electron chi connectivity index (χ2n) is 4.66. The molecule has 3 heterocycles. The summed E-state index contributed by atoms with van der Waals surface area (Å²) >= 11 is 2.70. The molecule has 2 aromatic heterocycles. The monoisotopic (exact) mass is 322 g/mol. The lowest BCUT2D eigenvalue weighted by Gasteiger charge is -2.22. The van der Waals surface area contributed by atoms with Crippen molar-refractivity contribution in [1.82, 2.24) is 20.2 Å². The van der Waals surface area contributed by atoms with Gasteiger partial charge in [0.15, 0.2) is 0 Å². The molecule has 0 aromatic carbocycles. The highest BCUT2D eigenvalue weighted by Gasteiger charge is 2.33. The molecule has 0 radical (unpaired) electrons. The van der Waals surface area contributed by atoms with Gasteiger partial charge in [-0.2, -0.15) is 0 Å². The fourth-order valence-corrected chi connectivity index (χ4v) is 3.99. The zero-order valence-corrected chi connectivity index (χ0v) is 13.0. The standard InChI is InChI=1S/C13H14N4O2S2/c1-14-11(18)9-6-16-12(21-9)8-3-2-4-17(8)13(19)10-5-15-7-20-10/h5-8H,2-4H2,1H3,(H,14,18). The molecule has 0 saturated carbocycles. The lowest BCUT2D eigenvalue weighted by molar-refractivity contribution is 0.0740. The first-order valence-electron chi connectivity index (χ1n) is 6.58. The number of carbonyl (C=O) groups excluding carboxylic acids is 2. The van der Waals surface area contributed by atoms with Crippen LogP contribution in [0.25, 0.3) is 0 Å². The van der Waals surface area contributed by atoms with E-state index in [1.807, 2.05) is 4.90 Å². The minimum Gasteiger partial charge on any atom is -0.354 e. The van der Waals surface area contributed by atoms with E-state index in [0.717, 1.165) is 24.4 Å². The molecule has 1 atom stereocenters.